The Morgan fingerprint density at radius 2 is 2.22 bits per heavy atom. The number of likely N-dealkylation sites (N-methyl/N-ethyl adjacent to an activating group) is 2. The first-order valence-corrected chi connectivity index (χ1v) is 10.2. The quantitative estimate of drug-likeness (QED) is 0.440. The van der Waals surface area contributed by atoms with Crippen LogP contribution in [0.1, 0.15) is 33.1 Å². The molecule has 8 nitrogen and oxygen atoms in total. The summed E-state index contributed by atoms with van der Waals surface area (Å²) < 4.78 is 11.2. The lowest BCUT2D eigenvalue weighted by Crippen LogP contribution is -2.48. The third-order valence-electron chi connectivity index (χ3n) is 5.13. The van der Waals surface area contributed by atoms with Crippen LogP contribution in [0, 0.1) is 0 Å². The summed E-state index contributed by atoms with van der Waals surface area (Å²) in [5.74, 6) is 0.658. The highest BCUT2D eigenvalue weighted by Gasteiger charge is 2.23. The number of likely N-dealkylation sites (tertiary alicyclic amines) is 1. The van der Waals surface area contributed by atoms with E-state index in [4.69, 9.17) is 9.47 Å². The fraction of sp³-hybridized carbons (Fsp3) is 0.895. The van der Waals surface area contributed by atoms with Crippen molar-refractivity contribution in [2.45, 2.75) is 51.3 Å². The Morgan fingerprint density at radius 3 is 2.89 bits per heavy atom. The van der Waals surface area contributed by atoms with Crippen LogP contribution >= 0.6 is 0 Å². The van der Waals surface area contributed by atoms with E-state index < -0.39 is 0 Å². The van der Waals surface area contributed by atoms with Gasteiger partial charge in [0.2, 0.25) is 5.91 Å². The van der Waals surface area contributed by atoms with Crippen molar-refractivity contribution in [3.05, 3.63) is 0 Å². The predicted molar refractivity (Wildman–Crippen MR) is 107 cm³/mol. The highest BCUT2D eigenvalue weighted by molar-refractivity contribution is 5.84. The predicted octanol–water partition coefficient (Wildman–Crippen LogP) is 0.288. The molecule has 2 saturated heterocycles. The lowest BCUT2D eigenvalue weighted by atomic mass is 10.2. The van der Waals surface area contributed by atoms with Gasteiger partial charge in [0.1, 0.15) is 6.54 Å². The van der Waals surface area contributed by atoms with Crippen molar-refractivity contribution in [1.82, 2.24) is 20.4 Å². The number of hydrogen-bond acceptors (Lipinski definition) is 5. The molecule has 2 rings (SSSR count). The molecule has 2 aliphatic rings. The Hall–Kier alpha value is -1.38. The van der Waals surface area contributed by atoms with E-state index >= 15 is 0 Å². The van der Waals surface area contributed by atoms with E-state index in [-0.39, 0.29) is 24.6 Å². The maximum Gasteiger partial charge on any atom is 0.243 e. The maximum absolute atomic E-state index is 11.9. The number of guanidine groups is 1. The first-order valence-electron chi connectivity index (χ1n) is 10.2. The zero-order valence-electron chi connectivity index (χ0n) is 17.4. The number of aliphatic imine (C=N–C) groups is 1. The average molecular weight is 384 g/mol. The van der Waals surface area contributed by atoms with E-state index in [1.54, 1.807) is 19.0 Å². The number of rotatable bonds is 9. The normalized spacial score (nSPS) is 24.8. The molecule has 3 atom stereocenters. The van der Waals surface area contributed by atoms with E-state index in [9.17, 15) is 4.79 Å². The van der Waals surface area contributed by atoms with Gasteiger partial charge in [-0.25, -0.2) is 4.99 Å². The molecule has 0 aliphatic carbocycles. The summed E-state index contributed by atoms with van der Waals surface area (Å²) in [7, 11) is 3.49. The Labute approximate surface area is 163 Å². The molecule has 0 saturated carbocycles. The lowest BCUT2D eigenvalue weighted by molar-refractivity contribution is -0.127. The fourth-order valence-corrected chi connectivity index (χ4v) is 3.40. The fourth-order valence-electron chi connectivity index (χ4n) is 3.40. The molecular weight excluding hydrogens is 346 g/mol. The van der Waals surface area contributed by atoms with E-state index in [1.165, 1.54) is 12.8 Å². The minimum atomic E-state index is -0.0147. The van der Waals surface area contributed by atoms with Crippen molar-refractivity contribution in [3.63, 3.8) is 0 Å². The van der Waals surface area contributed by atoms with Crippen LogP contribution in [-0.2, 0) is 14.3 Å². The zero-order valence-corrected chi connectivity index (χ0v) is 17.4. The van der Waals surface area contributed by atoms with Crippen LogP contribution in [-0.4, -0.2) is 99.9 Å². The zero-order chi connectivity index (χ0) is 19.6. The summed E-state index contributed by atoms with van der Waals surface area (Å²) in [5, 5.41) is 6.80. The number of carbonyl (C=O) groups is 1. The monoisotopic (exact) mass is 383 g/mol. The van der Waals surface area contributed by atoms with Crippen molar-refractivity contribution in [3.8, 4) is 0 Å². The van der Waals surface area contributed by atoms with Gasteiger partial charge in [-0.15, -0.1) is 0 Å². The van der Waals surface area contributed by atoms with Gasteiger partial charge >= 0.3 is 0 Å². The number of ether oxygens (including phenoxy) is 2. The number of amides is 1. The average Bonchev–Trinajstić information content (AvgIpc) is 3.32. The van der Waals surface area contributed by atoms with Crippen LogP contribution in [0.25, 0.3) is 0 Å². The topological polar surface area (TPSA) is 78.4 Å². The third-order valence-corrected chi connectivity index (χ3v) is 5.13. The molecule has 8 heteroatoms. The molecule has 1 amide bonds. The minimum Gasteiger partial charge on any atom is -0.379 e. The molecule has 3 unspecified atom stereocenters. The van der Waals surface area contributed by atoms with Gasteiger partial charge in [0, 0.05) is 39.3 Å². The molecule has 0 radical (unpaired) electrons. The van der Waals surface area contributed by atoms with Crippen LogP contribution in [0.5, 0.6) is 0 Å². The summed E-state index contributed by atoms with van der Waals surface area (Å²) in [5.41, 5.74) is 0. The van der Waals surface area contributed by atoms with Crippen LogP contribution < -0.4 is 10.6 Å². The molecule has 0 spiro atoms. The molecular formula is C19H37N5O3. The molecule has 27 heavy (non-hydrogen) atoms. The third kappa shape index (κ3) is 7.63. The van der Waals surface area contributed by atoms with Crippen molar-refractivity contribution in [2.24, 2.45) is 4.99 Å². The van der Waals surface area contributed by atoms with Gasteiger partial charge in [0.25, 0.3) is 0 Å². The Bertz CT molecular complexity index is 480. The van der Waals surface area contributed by atoms with Gasteiger partial charge in [-0.05, 0) is 39.3 Å². The summed E-state index contributed by atoms with van der Waals surface area (Å²) in [6, 6.07) is 0.617. The van der Waals surface area contributed by atoms with Crippen molar-refractivity contribution >= 4 is 11.9 Å². The second-order valence-corrected chi connectivity index (χ2v) is 7.62. The van der Waals surface area contributed by atoms with Gasteiger partial charge in [0.15, 0.2) is 5.96 Å². The number of carbonyl (C=O) groups excluding carboxylic acids is 1. The highest BCUT2D eigenvalue weighted by atomic mass is 16.5. The van der Waals surface area contributed by atoms with E-state index in [1.807, 2.05) is 0 Å². The molecule has 2 aliphatic heterocycles. The summed E-state index contributed by atoms with van der Waals surface area (Å²) >= 11 is 0. The van der Waals surface area contributed by atoms with Crippen LogP contribution in [0.15, 0.2) is 4.99 Å². The molecule has 0 bridgehead atoms. The van der Waals surface area contributed by atoms with E-state index in [0.717, 1.165) is 32.7 Å². The molecule has 2 fully saturated rings. The van der Waals surface area contributed by atoms with Crippen LogP contribution in [0.3, 0.4) is 0 Å². The lowest BCUT2D eigenvalue weighted by Gasteiger charge is -2.25. The molecule has 156 valence electrons. The van der Waals surface area contributed by atoms with Gasteiger partial charge in [-0.2, -0.15) is 0 Å². The van der Waals surface area contributed by atoms with Crippen molar-refractivity contribution in [2.75, 3.05) is 60.1 Å². The SMILES string of the molecule is CCN1CCCC1CNC(=NCC(=O)N(C)C)NC(C)COC1CCOC1. The van der Waals surface area contributed by atoms with Crippen molar-refractivity contribution < 1.29 is 14.3 Å². The second kappa shape index (κ2) is 11.5. The Balaban J connectivity index is 1.85. The van der Waals surface area contributed by atoms with Crippen LogP contribution in [0.4, 0.5) is 0 Å². The first-order chi connectivity index (χ1) is 13.0. The maximum atomic E-state index is 11.9. The Morgan fingerprint density at radius 1 is 1.41 bits per heavy atom. The van der Waals surface area contributed by atoms with E-state index in [0.29, 0.717) is 25.2 Å². The minimum absolute atomic E-state index is 0.0147. The first kappa shape index (κ1) is 21.9. The van der Waals surface area contributed by atoms with Gasteiger partial charge in [-0.3, -0.25) is 9.69 Å². The molecule has 2 heterocycles. The molecule has 0 aromatic carbocycles. The number of nitrogens with zero attached hydrogens (tertiary/aromatic N) is 3. The standard InChI is InChI=1S/C19H37N5O3/c1-5-24-9-6-7-16(24)11-20-19(21-12-18(25)23(3)4)22-15(2)13-27-17-8-10-26-14-17/h15-17H,5-14H2,1-4H3,(H2,20,21,22). The van der Waals surface area contributed by atoms with Gasteiger partial charge < -0.3 is 25.0 Å². The Kier molecular flexibility index (Phi) is 9.30. The van der Waals surface area contributed by atoms with Crippen LogP contribution in [0.2, 0.25) is 0 Å². The smallest absolute Gasteiger partial charge is 0.243 e. The number of hydrogen-bond donors (Lipinski definition) is 2. The van der Waals surface area contributed by atoms with E-state index in [2.05, 4.69) is 34.4 Å². The number of nitrogens with one attached hydrogen (secondary N) is 2. The molecule has 0 aromatic rings. The second-order valence-electron chi connectivity index (χ2n) is 7.62. The summed E-state index contributed by atoms with van der Waals surface area (Å²) in [6.45, 7) is 9.51. The van der Waals surface area contributed by atoms with Gasteiger partial charge in [0.05, 0.1) is 19.3 Å². The van der Waals surface area contributed by atoms with Gasteiger partial charge in [-0.1, -0.05) is 6.92 Å². The summed E-state index contributed by atoms with van der Waals surface area (Å²) in [6.07, 6.45) is 3.59. The molecule has 2 N–H and O–H groups in total. The summed E-state index contributed by atoms with van der Waals surface area (Å²) in [4.78, 5) is 20.4. The highest BCUT2D eigenvalue weighted by Crippen LogP contribution is 2.15. The molecule has 0 aromatic heterocycles. The van der Waals surface area contributed by atoms with Crippen molar-refractivity contribution in [1.29, 1.82) is 0 Å². The largest absolute Gasteiger partial charge is 0.379 e.